The molecule has 0 aliphatic carbocycles. The van der Waals surface area contributed by atoms with Crippen LogP contribution < -0.4 is 4.74 Å². The first-order valence-corrected chi connectivity index (χ1v) is 13.1. The highest BCUT2D eigenvalue weighted by Gasteiger charge is 2.38. The molecule has 0 saturated carbocycles. The number of rotatable bonds is 7. The number of ether oxygens (including phenoxy) is 1. The van der Waals surface area contributed by atoms with Gasteiger partial charge in [0.15, 0.2) is 0 Å². The van der Waals surface area contributed by atoms with Crippen LogP contribution in [0.2, 0.25) is 0 Å². The first-order valence-electron chi connectivity index (χ1n) is 11.7. The molecule has 1 aliphatic heterocycles. The lowest BCUT2D eigenvalue weighted by Crippen LogP contribution is -2.49. The zero-order chi connectivity index (χ0) is 25.0. The highest BCUT2D eigenvalue weighted by atomic mass is 32.2. The fourth-order valence-electron chi connectivity index (χ4n) is 4.33. The van der Waals surface area contributed by atoms with Crippen LogP contribution in [-0.2, 0) is 16.6 Å². The largest absolute Gasteiger partial charge is 0.487 e. The molecule has 186 valence electrons. The van der Waals surface area contributed by atoms with Gasteiger partial charge in [-0.2, -0.15) is 4.31 Å². The van der Waals surface area contributed by atoms with Gasteiger partial charge >= 0.3 is 0 Å². The zero-order valence-electron chi connectivity index (χ0n) is 20.3. The predicted molar refractivity (Wildman–Crippen MR) is 134 cm³/mol. The number of aliphatic hydroxyl groups excluding tert-OH is 1. The van der Waals surface area contributed by atoms with Gasteiger partial charge in [0.25, 0.3) is 0 Å². The maximum Gasteiger partial charge on any atom is 0.247 e. The zero-order valence-corrected chi connectivity index (χ0v) is 21.1. The van der Waals surface area contributed by atoms with E-state index in [-0.39, 0.29) is 30.1 Å². The maximum absolute atomic E-state index is 13.6. The van der Waals surface area contributed by atoms with E-state index in [1.807, 2.05) is 38.2 Å². The third-order valence-corrected chi connectivity index (χ3v) is 8.37. The van der Waals surface area contributed by atoms with Crippen LogP contribution in [0.1, 0.15) is 19.4 Å². The molecular formula is C26H32N4O4S. The van der Waals surface area contributed by atoms with E-state index in [9.17, 15) is 13.5 Å². The molecule has 1 aromatic carbocycles. The van der Waals surface area contributed by atoms with Crippen molar-refractivity contribution in [1.82, 2.24) is 19.2 Å². The number of nitrogens with zero attached hydrogens (tertiary/aromatic N) is 4. The van der Waals surface area contributed by atoms with E-state index in [1.165, 1.54) is 4.31 Å². The number of fused-ring (bicyclic) bond motifs is 1. The van der Waals surface area contributed by atoms with E-state index in [1.54, 1.807) is 49.9 Å². The number of pyridine rings is 2. The van der Waals surface area contributed by atoms with E-state index in [2.05, 4.69) is 14.9 Å². The van der Waals surface area contributed by atoms with Crippen molar-refractivity contribution >= 4 is 10.0 Å². The summed E-state index contributed by atoms with van der Waals surface area (Å²) in [5, 5.41) is 9.83. The molecule has 0 spiro atoms. The van der Waals surface area contributed by atoms with Crippen LogP contribution >= 0.6 is 0 Å². The Hall–Kier alpha value is -2.85. The quantitative estimate of drug-likeness (QED) is 0.537. The van der Waals surface area contributed by atoms with Crippen molar-refractivity contribution in [3.63, 3.8) is 0 Å². The average molecular weight is 497 g/mol. The fraction of sp³-hybridized carbons (Fsp3) is 0.385. The summed E-state index contributed by atoms with van der Waals surface area (Å²) in [6, 6.07) is 12.3. The Morgan fingerprint density at radius 3 is 2.60 bits per heavy atom. The molecule has 0 amide bonds. The van der Waals surface area contributed by atoms with Gasteiger partial charge in [-0.3, -0.25) is 14.9 Å². The summed E-state index contributed by atoms with van der Waals surface area (Å²) in [7, 11) is -1.85. The molecule has 0 radical (unpaired) electrons. The Balaban J connectivity index is 1.72. The molecule has 1 aliphatic rings. The normalized spacial score (nSPS) is 20.9. The van der Waals surface area contributed by atoms with E-state index in [0.717, 1.165) is 16.7 Å². The molecule has 0 bridgehead atoms. The third-order valence-electron chi connectivity index (χ3n) is 6.36. The SMILES string of the molecule is C[C@H](CO)N1C[C@H](C)[C@@H](CN(C)Cc2ccncc2)Oc2cc(-c3cccnc3)ccc2S1(=O)=O. The van der Waals surface area contributed by atoms with Crippen LogP contribution in [0.4, 0.5) is 0 Å². The van der Waals surface area contributed by atoms with Gasteiger partial charge in [0, 0.05) is 61.9 Å². The molecule has 9 heteroatoms. The number of hydrogen-bond donors (Lipinski definition) is 1. The van der Waals surface area contributed by atoms with E-state index < -0.39 is 16.1 Å². The summed E-state index contributed by atoms with van der Waals surface area (Å²) in [5.74, 6) is 0.198. The first-order chi connectivity index (χ1) is 16.8. The van der Waals surface area contributed by atoms with Crippen LogP contribution in [-0.4, -0.2) is 71.6 Å². The molecule has 0 fully saturated rings. The smallest absolute Gasteiger partial charge is 0.247 e. The van der Waals surface area contributed by atoms with Gasteiger partial charge in [0.1, 0.15) is 16.7 Å². The number of aromatic nitrogens is 2. The van der Waals surface area contributed by atoms with Gasteiger partial charge in [0.05, 0.1) is 6.61 Å². The van der Waals surface area contributed by atoms with Crippen LogP contribution in [0.15, 0.2) is 72.1 Å². The van der Waals surface area contributed by atoms with Crippen molar-refractivity contribution in [2.75, 3.05) is 26.7 Å². The Labute approximate surface area is 207 Å². The van der Waals surface area contributed by atoms with Gasteiger partial charge in [-0.05, 0) is 55.4 Å². The van der Waals surface area contributed by atoms with Crippen molar-refractivity contribution in [2.45, 2.75) is 37.4 Å². The topological polar surface area (TPSA) is 95.9 Å². The maximum atomic E-state index is 13.6. The molecule has 1 N–H and O–H groups in total. The lowest BCUT2D eigenvalue weighted by molar-refractivity contribution is 0.0734. The summed E-state index contributed by atoms with van der Waals surface area (Å²) in [5.41, 5.74) is 2.84. The predicted octanol–water partition coefficient (Wildman–Crippen LogP) is 3.04. The van der Waals surface area contributed by atoms with Crippen LogP contribution in [0.3, 0.4) is 0 Å². The fourth-order valence-corrected chi connectivity index (χ4v) is 6.15. The number of sulfonamides is 1. The lowest BCUT2D eigenvalue weighted by Gasteiger charge is -2.37. The second kappa shape index (κ2) is 10.8. The molecule has 0 saturated heterocycles. The molecule has 3 atom stereocenters. The minimum atomic E-state index is -3.87. The van der Waals surface area contributed by atoms with Gasteiger partial charge in [-0.1, -0.05) is 19.1 Å². The summed E-state index contributed by atoms with van der Waals surface area (Å²) in [6.07, 6.45) is 6.71. The second-order valence-corrected chi connectivity index (χ2v) is 11.1. The van der Waals surface area contributed by atoms with E-state index in [4.69, 9.17) is 4.74 Å². The third kappa shape index (κ3) is 5.70. The number of benzene rings is 1. The van der Waals surface area contributed by atoms with Crippen molar-refractivity contribution in [2.24, 2.45) is 5.92 Å². The van der Waals surface area contributed by atoms with Gasteiger partial charge in [-0.25, -0.2) is 8.42 Å². The van der Waals surface area contributed by atoms with E-state index in [0.29, 0.717) is 18.8 Å². The Morgan fingerprint density at radius 1 is 1.14 bits per heavy atom. The van der Waals surface area contributed by atoms with Crippen molar-refractivity contribution in [3.05, 3.63) is 72.8 Å². The van der Waals surface area contributed by atoms with Gasteiger partial charge in [0.2, 0.25) is 10.0 Å². The van der Waals surface area contributed by atoms with Gasteiger partial charge in [-0.15, -0.1) is 0 Å². The number of hydrogen-bond acceptors (Lipinski definition) is 7. The van der Waals surface area contributed by atoms with Crippen LogP contribution in [0.25, 0.3) is 11.1 Å². The Bertz CT molecular complexity index is 1220. The monoisotopic (exact) mass is 496 g/mol. The molecule has 0 unspecified atom stereocenters. The molecule has 8 nitrogen and oxygen atoms in total. The standard InChI is InChI=1S/C26H32N4O4S/c1-19-15-30(20(2)18-31)35(32,33)26-7-6-22(23-5-4-10-28-14-23)13-24(26)34-25(19)17-29(3)16-21-8-11-27-12-9-21/h4-14,19-20,25,31H,15-18H2,1-3H3/t19-,20+,25+/m0/s1. The molecule has 3 aromatic rings. The van der Waals surface area contributed by atoms with Crippen molar-refractivity contribution < 1.29 is 18.3 Å². The minimum Gasteiger partial charge on any atom is -0.487 e. The molecule has 2 aromatic heterocycles. The summed E-state index contributed by atoms with van der Waals surface area (Å²) in [4.78, 5) is 10.5. The van der Waals surface area contributed by atoms with Crippen molar-refractivity contribution in [1.29, 1.82) is 0 Å². The first kappa shape index (κ1) is 25.2. The Kier molecular flexibility index (Phi) is 7.81. The van der Waals surface area contributed by atoms with Crippen LogP contribution in [0.5, 0.6) is 5.75 Å². The summed E-state index contributed by atoms with van der Waals surface area (Å²) in [6.45, 7) is 5.02. The Morgan fingerprint density at radius 2 is 1.91 bits per heavy atom. The summed E-state index contributed by atoms with van der Waals surface area (Å²) < 4.78 is 35.2. The lowest BCUT2D eigenvalue weighted by atomic mass is 10.0. The number of likely N-dealkylation sites (N-methyl/N-ethyl adjacent to an activating group) is 1. The van der Waals surface area contributed by atoms with Crippen molar-refractivity contribution in [3.8, 4) is 16.9 Å². The highest BCUT2D eigenvalue weighted by Crippen LogP contribution is 2.36. The molecule has 4 rings (SSSR count). The molecule has 35 heavy (non-hydrogen) atoms. The average Bonchev–Trinajstić information content (AvgIpc) is 2.86. The molecular weight excluding hydrogens is 464 g/mol. The number of aliphatic hydroxyl groups is 1. The summed E-state index contributed by atoms with van der Waals surface area (Å²) >= 11 is 0. The van der Waals surface area contributed by atoms with Gasteiger partial charge < -0.3 is 9.84 Å². The second-order valence-electron chi connectivity index (χ2n) is 9.20. The molecule has 3 heterocycles. The highest BCUT2D eigenvalue weighted by molar-refractivity contribution is 7.89. The van der Waals surface area contributed by atoms with E-state index >= 15 is 0 Å². The van der Waals surface area contributed by atoms with Crippen LogP contribution in [0, 0.1) is 5.92 Å². The minimum absolute atomic E-state index is 0.110.